The lowest BCUT2D eigenvalue weighted by molar-refractivity contribution is 0.102. The van der Waals surface area contributed by atoms with E-state index >= 15 is 0 Å². The molecule has 1 aliphatic rings. The predicted octanol–water partition coefficient (Wildman–Crippen LogP) is 4.79. The topological polar surface area (TPSA) is 76.6 Å². The number of carbonyl (C=O) groups is 1. The van der Waals surface area contributed by atoms with Gasteiger partial charge in [0.05, 0.1) is 19.9 Å². The number of anilines is 2. The fourth-order valence-electron chi connectivity index (χ4n) is 3.94. The van der Waals surface area contributed by atoms with E-state index < -0.39 is 0 Å². The van der Waals surface area contributed by atoms with Crippen molar-refractivity contribution in [2.75, 3.05) is 37.5 Å². The molecule has 1 aromatic heterocycles. The van der Waals surface area contributed by atoms with Gasteiger partial charge in [-0.2, -0.15) is 0 Å². The second-order valence-corrected chi connectivity index (χ2v) is 7.75. The number of amides is 1. The van der Waals surface area contributed by atoms with Crippen molar-refractivity contribution in [3.63, 3.8) is 0 Å². The van der Waals surface area contributed by atoms with Gasteiger partial charge in [-0.3, -0.25) is 4.79 Å². The van der Waals surface area contributed by atoms with Gasteiger partial charge in [-0.15, -0.1) is 10.2 Å². The van der Waals surface area contributed by atoms with Crippen LogP contribution in [0.15, 0.2) is 54.6 Å². The van der Waals surface area contributed by atoms with Gasteiger partial charge in [-0.1, -0.05) is 31.0 Å². The summed E-state index contributed by atoms with van der Waals surface area (Å²) in [5, 5.41) is 11.8. The Balaban J connectivity index is 1.46. The smallest absolute Gasteiger partial charge is 0.263 e. The second kappa shape index (κ2) is 10.1. The van der Waals surface area contributed by atoms with Gasteiger partial charge >= 0.3 is 0 Å². The minimum atomic E-state index is -0.298. The van der Waals surface area contributed by atoms with Gasteiger partial charge in [0.15, 0.2) is 5.82 Å². The maximum atomic E-state index is 12.8. The molecule has 7 heteroatoms. The lowest BCUT2D eigenvalue weighted by atomic mass is 10.1. The molecule has 3 aromatic rings. The van der Waals surface area contributed by atoms with Crippen molar-refractivity contribution in [2.45, 2.75) is 25.7 Å². The normalized spacial score (nSPS) is 13.9. The molecule has 1 amide bonds. The molecule has 0 spiro atoms. The third-order valence-electron chi connectivity index (χ3n) is 5.67. The van der Waals surface area contributed by atoms with Crippen molar-refractivity contribution in [3.05, 3.63) is 60.2 Å². The maximum Gasteiger partial charge on any atom is 0.263 e. The molecule has 2 heterocycles. The van der Waals surface area contributed by atoms with E-state index in [0.29, 0.717) is 22.7 Å². The standard InChI is InChI=1S/C25H28N4O3/c1-31-21-8-7-9-22(32-2)24(21)25(30)26-19-12-10-18(11-13-19)20-14-15-23(28-27-20)29-16-5-3-4-6-17-29/h7-15H,3-6,16-17H2,1-2H3,(H,26,30). The van der Waals surface area contributed by atoms with E-state index in [4.69, 9.17) is 9.47 Å². The van der Waals surface area contributed by atoms with Crippen molar-refractivity contribution in [1.29, 1.82) is 0 Å². The van der Waals surface area contributed by atoms with Crippen LogP contribution >= 0.6 is 0 Å². The number of carbonyl (C=O) groups excluding carboxylic acids is 1. The van der Waals surface area contributed by atoms with Crippen LogP contribution in [0.4, 0.5) is 11.5 Å². The fourth-order valence-corrected chi connectivity index (χ4v) is 3.94. The third kappa shape index (κ3) is 4.82. The lowest BCUT2D eigenvalue weighted by Crippen LogP contribution is -2.25. The lowest BCUT2D eigenvalue weighted by Gasteiger charge is -2.20. The Bertz CT molecular complexity index is 1020. The molecule has 0 saturated carbocycles. The first kappa shape index (κ1) is 21.6. The Morgan fingerprint density at radius 2 is 1.50 bits per heavy atom. The van der Waals surface area contributed by atoms with E-state index in [9.17, 15) is 4.79 Å². The molecule has 0 atom stereocenters. The number of nitrogens with zero attached hydrogens (tertiary/aromatic N) is 3. The summed E-state index contributed by atoms with van der Waals surface area (Å²) >= 11 is 0. The first-order valence-electron chi connectivity index (χ1n) is 10.9. The van der Waals surface area contributed by atoms with Crippen molar-refractivity contribution in [1.82, 2.24) is 10.2 Å². The summed E-state index contributed by atoms with van der Waals surface area (Å²) in [6.07, 6.45) is 4.98. The van der Waals surface area contributed by atoms with Crippen molar-refractivity contribution >= 4 is 17.4 Å². The highest BCUT2D eigenvalue weighted by Crippen LogP contribution is 2.29. The van der Waals surface area contributed by atoms with Crippen LogP contribution in [0.25, 0.3) is 11.3 Å². The molecular weight excluding hydrogens is 404 g/mol. The quantitative estimate of drug-likeness (QED) is 0.603. The number of hydrogen-bond donors (Lipinski definition) is 1. The number of aromatic nitrogens is 2. The largest absolute Gasteiger partial charge is 0.496 e. The number of methoxy groups -OCH3 is 2. The zero-order chi connectivity index (χ0) is 22.3. The van der Waals surface area contributed by atoms with Crippen LogP contribution in [0.5, 0.6) is 11.5 Å². The van der Waals surface area contributed by atoms with E-state index in [2.05, 4.69) is 20.4 Å². The van der Waals surface area contributed by atoms with Crippen LogP contribution in [0.3, 0.4) is 0 Å². The number of nitrogens with one attached hydrogen (secondary N) is 1. The molecule has 2 aromatic carbocycles. The Morgan fingerprint density at radius 1 is 0.844 bits per heavy atom. The molecular formula is C25H28N4O3. The minimum absolute atomic E-state index is 0.298. The van der Waals surface area contributed by atoms with Gasteiger partial charge < -0.3 is 19.7 Å². The first-order chi connectivity index (χ1) is 15.7. The average molecular weight is 433 g/mol. The van der Waals surface area contributed by atoms with Gasteiger partial charge in [0.2, 0.25) is 0 Å². The molecule has 1 fully saturated rings. The summed E-state index contributed by atoms with van der Waals surface area (Å²) in [4.78, 5) is 15.2. The number of ether oxygens (including phenoxy) is 2. The number of benzene rings is 2. The van der Waals surface area contributed by atoms with Gasteiger partial charge in [-0.05, 0) is 49.2 Å². The highest BCUT2D eigenvalue weighted by Gasteiger charge is 2.18. The molecule has 0 aliphatic carbocycles. The minimum Gasteiger partial charge on any atom is -0.496 e. The van der Waals surface area contributed by atoms with Gasteiger partial charge in [0.1, 0.15) is 17.1 Å². The van der Waals surface area contributed by atoms with Crippen LogP contribution in [-0.4, -0.2) is 43.4 Å². The summed E-state index contributed by atoms with van der Waals surface area (Å²) in [6.45, 7) is 2.08. The molecule has 4 rings (SSSR count). The van der Waals surface area contributed by atoms with Crippen LogP contribution in [0, 0.1) is 0 Å². The zero-order valence-corrected chi connectivity index (χ0v) is 18.5. The Labute approximate surface area is 188 Å². The zero-order valence-electron chi connectivity index (χ0n) is 18.5. The van der Waals surface area contributed by atoms with Crippen LogP contribution in [0.2, 0.25) is 0 Å². The SMILES string of the molecule is COc1cccc(OC)c1C(=O)Nc1ccc(-c2ccc(N3CCCCCC3)nn2)cc1. The van der Waals surface area contributed by atoms with Crippen molar-refractivity contribution in [3.8, 4) is 22.8 Å². The number of rotatable bonds is 6. The van der Waals surface area contributed by atoms with Gasteiger partial charge in [-0.25, -0.2) is 0 Å². The van der Waals surface area contributed by atoms with Gasteiger partial charge in [0, 0.05) is 24.3 Å². The Kier molecular flexibility index (Phi) is 6.84. The summed E-state index contributed by atoms with van der Waals surface area (Å²) in [5.74, 6) is 1.55. The second-order valence-electron chi connectivity index (χ2n) is 7.75. The molecule has 166 valence electrons. The van der Waals surface area contributed by atoms with E-state index in [0.717, 1.165) is 30.2 Å². The molecule has 32 heavy (non-hydrogen) atoms. The number of hydrogen-bond acceptors (Lipinski definition) is 6. The van der Waals surface area contributed by atoms with E-state index in [-0.39, 0.29) is 5.91 Å². The van der Waals surface area contributed by atoms with Crippen molar-refractivity contribution in [2.24, 2.45) is 0 Å². The molecule has 7 nitrogen and oxygen atoms in total. The maximum absolute atomic E-state index is 12.8. The summed E-state index contributed by atoms with van der Waals surface area (Å²) in [5.41, 5.74) is 2.76. The van der Waals surface area contributed by atoms with Crippen LogP contribution in [-0.2, 0) is 0 Å². The monoisotopic (exact) mass is 432 g/mol. The fraction of sp³-hybridized carbons (Fsp3) is 0.320. The summed E-state index contributed by atoms with van der Waals surface area (Å²) in [6, 6.07) is 16.8. The average Bonchev–Trinajstić information content (AvgIpc) is 3.14. The molecule has 0 bridgehead atoms. The highest BCUT2D eigenvalue weighted by atomic mass is 16.5. The van der Waals surface area contributed by atoms with E-state index in [1.54, 1.807) is 18.2 Å². The summed E-state index contributed by atoms with van der Waals surface area (Å²) in [7, 11) is 3.05. The Hall–Kier alpha value is -3.61. The van der Waals surface area contributed by atoms with Crippen LogP contribution < -0.4 is 19.7 Å². The molecule has 1 saturated heterocycles. The molecule has 0 unspecified atom stereocenters. The summed E-state index contributed by atoms with van der Waals surface area (Å²) < 4.78 is 10.6. The molecule has 1 aliphatic heterocycles. The first-order valence-corrected chi connectivity index (χ1v) is 10.9. The van der Waals surface area contributed by atoms with Crippen LogP contribution in [0.1, 0.15) is 36.0 Å². The van der Waals surface area contributed by atoms with E-state index in [1.165, 1.54) is 39.9 Å². The Morgan fingerprint density at radius 3 is 2.06 bits per heavy atom. The van der Waals surface area contributed by atoms with Crippen molar-refractivity contribution < 1.29 is 14.3 Å². The molecule has 0 radical (unpaired) electrons. The van der Waals surface area contributed by atoms with Gasteiger partial charge in [0.25, 0.3) is 5.91 Å². The predicted molar refractivity (Wildman–Crippen MR) is 126 cm³/mol. The third-order valence-corrected chi connectivity index (χ3v) is 5.67. The highest BCUT2D eigenvalue weighted by molar-refractivity contribution is 6.08. The molecule has 1 N–H and O–H groups in total. The van der Waals surface area contributed by atoms with E-state index in [1.807, 2.05) is 36.4 Å².